The van der Waals surface area contributed by atoms with E-state index < -0.39 is 0 Å². The predicted molar refractivity (Wildman–Crippen MR) is 88.8 cm³/mol. The standard InChI is InChI=1S/C17H24ClN3/c1-5-15-17(18)16(21(6-2)20-15)10-14(19)13-9-11(3)7-8-12(13)4/h7-9,14H,5-6,10,19H2,1-4H3. The molecular formula is C17H24ClN3. The van der Waals surface area contributed by atoms with E-state index in [9.17, 15) is 0 Å². The Labute approximate surface area is 132 Å². The first-order valence-corrected chi connectivity index (χ1v) is 7.92. The SMILES string of the molecule is CCc1nn(CC)c(CC(N)c2cc(C)ccc2C)c1Cl. The van der Waals surface area contributed by atoms with E-state index in [0.29, 0.717) is 6.42 Å². The molecule has 0 saturated heterocycles. The summed E-state index contributed by atoms with van der Waals surface area (Å²) in [6.45, 7) is 9.16. The lowest BCUT2D eigenvalue weighted by Crippen LogP contribution is -2.17. The molecule has 0 spiro atoms. The van der Waals surface area contributed by atoms with Gasteiger partial charge >= 0.3 is 0 Å². The first-order chi connectivity index (χ1) is 9.97. The summed E-state index contributed by atoms with van der Waals surface area (Å²) in [5, 5.41) is 5.34. The molecule has 1 aromatic heterocycles. The van der Waals surface area contributed by atoms with Crippen LogP contribution in [-0.4, -0.2) is 9.78 Å². The largest absolute Gasteiger partial charge is 0.324 e. The van der Waals surface area contributed by atoms with Crippen molar-refractivity contribution in [2.24, 2.45) is 5.73 Å². The number of halogens is 1. The van der Waals surface area contributed by atoms with Crippen molar-refractivity contribution >= 4 is 11.6 Å². The Morgan fingerprint density at radius 3 is 2.62 bits per heavy atom. The predicted octanol–water partition coefficient (Wildman–Crippen LogP) is 3.98. The first-order valence-electron chi connectivity index (χ1n) is 7.54. The number of aryl methyl sites for hydroxylation is 4. The molecule has 2 rings (SSSR count). The van der Waals surface area contributed by atoms with Gasteiger partial charge in [0, 0.05) is 19.0 Å². The summed E-state index contributed by atoms with van der Waals surface area (Å²) in [5.41, 5.74) is 12.1. The van der Waals surface area contributed by atoms with Crippen molar-refractivity contribution in [3.05, 3.63) is 51.3 Å². The van der Waals surface area contributed by atoms with Crippen LogP contribution in [0.25, 0.3) is 0 Å². The number of rotatable bonds is 5. The molecule has 2 N–H and O–H groups in total. The van der Waals surface area contributed by atoms with Crippen molar-refractivity contribution in [2.45, 2.75) is 53.1 Å². The van der Waals surface area contributed by atoms with E-state index in [0.717, 1.165) is 29.4 Å². The third kappa shape index (κ3) is 3.30. The van der Waals surface area contributed by atoms with E-state index in [2.05, 4.69) is 51.0 Å². The number of hydrogen-bond acceptors (Lipinski definition) is 2. The molecule has 1 unspecified atom stereocenters. The summed E-state index contributed by atoms with van der Waals surface area (Å²) in [4.78, 5) is 0. The van der Waals surface area contributed by atoms with Crippen molar-refractivity contribution < 1.29 is 0 Å². The van der Waals surface area contributed by atoms with Gasteiger partial charge < -0.3 is 5.73 Å². The van der Waals surface area contributed by atoms with Gasteiger partial charge in [-0.15, -0.1) is 0 Å². The molecule has 4 heteroatoms. The minimum Gasteiger partial charge on any atom is -0.324 e. The van der Waals surface area contributed by atoms with Crippen LogP contribution in [0.5, 0.6) is 0 Å². The van der Waals surface area contributed by atoms with Crippen LogP contribution in [0.3, 0.4) is 0 Å². The molecule has 0 aliphatic rings. The van der Waals surface area contributed by atoms with Crippen LogP contribution in [0.1, 0.15) is 48.0 Å². The highest BCUT2D eigenvalue weighted by molar-refractivity contribution is 6.31. The van der Waals surface area contributed by atoms with Crippen molar-refractivity contribution in [1.82, 2.24) is 9.78 Å². The van der Waals surface area contributed by atoms with E-state index in [4.69, 9.17) is 17.3 Å². The third-order valence-electron chi connectivity index (χ3n) is 3.94. The summed E-state index contributed by atoms with van der Waals surface area (Å²) in [5.74, 6) is 0. The second-order valence-electron chi connectivity index (χ2n) is 5.55. The Kier molecular flexibility index (Phi) is 5.07. The average Bonchev–Trinajstić information content (AvgIpc) is 2.77. The number of benzene rings is 1. The van der Waals surface area contributed by atoms with Gasteiger partial charge in [-0.3, -0.25) is 4.68 Å². The van der Waals surface area contributed by atoms with Crippen LogP contribution in [0.2, 0.25) is 5.02 Å². The summed E-state index contributed by atoms with van der Waals surface area (Å²) >= 11 is 6.47. The highest BCUT2D eigenvalue weighted by Gasteiger charge is 2.18. The van der Waals surface area contributed by atoms with Gasteiger partial charge in [-0.1, -0.05) is 42.3 Å². The van der Waals surface area contributed by atoms with Gasteiger partial charge in [0.15, 0.2) is 0 Å². The van der Waals surface area contributed by atoms with Crippen LogP contribution in [0.4, 0.5) is 0 Å². The Morgan fingerprint density at radius 1 is 1.29 bits per heavy atom. The zero-order valence-electron chi connectivity index (χ0n) is 13.3. The molecule has 1 atom stereocenters. The normalized spacial score (nSPS) is 12.7. The molecule has 2 aromatic rings. The summed E-state index contributed by atoms with van der Waals surface area (Å²) in [6, 6.07) is 6.35. The van der Waals surface area contributed by atoms with Crippen LogP contribution >= 0.6 is 11.6 Å². The van der Waals surface area contributed by atoms with Gasteiger partial charge in [-0.05, 0) is 38.3 Å². The molecule has 3 nitrogen and oxygen atoms in total. The molecule has 0 aliphatic heterocycles. The number of nitrogens with two attached hydrogens (primary N) is 1. The molecule has 0 amide bonds. The Morgan fingerprint density at radius 2 is 2.00 bits per heavy atom. The highest BCUT2D eigenvalue weighted by Crippen LogP contribution is 2.27. The van der Waals surface area contributed by atoms with Crippen LogP contribution < -0.4 is 5.73 Å². The number of hydrogen-bond donors (Lipinski definition) is 1. The fourth-order valence-corrected chi connectivity index (χ4v) is 3.04. The van der Waals surface area contributed by atoms with Crippen molar-refractivity contribution in [3.8, 4) is 0 Å². The highest BCUT2D eigenvalue weighted by atomic mass is 35.5. The molecule has 21 heavy (non-hydrogen) atoms. The Balaban J connectivity index is 2.33. The average molecular weight is 306 g/mol. The molecule has 0 saturated carbocycles. The molecule has 1 aromatic carbocycles. The maximum Gasteiger partial charge on any atom is 0.0850 e. The summed E-state index contributed by atoms with van der Waals surface area (Å²) in [6.07, 6.45) is 1.56. The molecule has 0 fully saturated rings. The van der Waals surface area contributed by atoms with Crippen LogP contribution in [-0.2, 0) is 19.4 Å². The minimum absolute atomic E-state index is 0.0610. The molecular weight excluding hydrogens is 282 g/mol. The van der Waals surface area contributed by atoms with E-state index in [-0.39, 0.29) is 6.04 Å². The van der Waals surface area contributed by atoms with Gasteiger partial charge in [0.1, 0.15) is 0 Å². The van der Waals surface area contributed by atoms with Gasteiger partial charge in [0.2, 0.25) is 0 Å². The molecule has 0 radical (unpaired) electrons. The molecule has 1 heterocycles. The second-order valence-corrected chi connectivity index (χ2v) is 5.93. The van der Waals surface area contributed by atoms with Crippen molar-refractivity contribution in [3.63, 3.8) is 0 Å². The summed E-state index contributed by atoms with van der Waals surface area (Å²) in [7, 11) is 0. The zero-order valence-corrected chi connectivity index (χ0v) is 14.0. The molecule has 0 bridgehead atoms. The van der Waals surface area contributed by atoms with Gasteiger partial charge in [-0.2, -0.15) is 5.10 Å². The fraction of sp³-hybridized carbons (Fsp3) is 0.471. The van der Waals surface area contributed by atoms with Gasteiger partial charge in [0.05, 0.1) is 16.4 Å². The monoisotopic (exact) mass is 305 g/mol. The lowest BCUT2D eigenvalue weighted by atomic mass is 9.96. The quantitative estimate of drug-likeness (QED) is 0.908. The molecule has 0 aliphatic carbocycles. The van der Waals surface area contributed by atoms with E-state index >= 15 is 0 Å². The van der Waals surface area contributed by atoms with Crippen LogP contribution in [0, 0.1) is 13.8 Å². The Hall–Kier alpha value is -1.32. The lowest BCUT2D eigenvalue weighted by molar-refractivity contribution is 0.584. The topological polar surface area (TPSA) is 43.8 Å². The first kappa shape index (κ1) is 16.1. The van der Waals surface area contributed by atoms with Gasteiger partial charge in [-0.25, -0.2) is 0 Å². The Bertz CT molecular complexity index is 631. The van der Waals surface area contributed by atoms with Crippen molar-refractivity contribution in [2.75, 3.05) is 0 Å². The van der Waals surface area contributed by atoms with Crippen LogP contribution in [0.15, 0.2) is 18.2 Å². The van der Waals surface area contributed by atoms with Gasteiger partial charge in [0.25, 0.3) is 0 Å². The maximum absolute atomic E-state index is 6.47. The second kappa shape index (κ2) is 6.63. The number of aromatic nitrogens is 2. The smallest absolute Gasteiger partial charge is 0.0850 e. The summed E-state index contributed by atoms with van der Waals surface area (Å²) < 4.78 is 1.98. The number of nitrogens with zero attached hydrogens (tertiary/aromatic N) is 2. The minimum atomic E-state index is -0.0610. The van der Waals surface area contributed by atoms with E-state index in [1.165, 1.54) is 16.7 Å². The van der Waals surface area contributed by atoms with E-state index in [1.807, 2.05) is 4.68 Å². The maximum atomic E-state index is 6.47. The molecule has 114 valence electrons. The fourth-order valence-electron chi connectivity index (χ4n) is 2.69. The zero-order chi connectivity index (χ0) is 15.6. The third-order valence-corrected chi connectivity index (χ3v) is 4.38. The van der Waals surface area contributed by atoms with Crippen molar-refractivity contribution in [1.29, 1.82) is 0 Å². The van der Waals surface area contributed by atoms with E-state index in [1.54, 1.807) is 0 Å². The lowest BCUT2D eigenvalue weighted by Gasteiger charge is -2.16.